The Labute approximate surface area is 111 Å². The van der Waals surface area contributed by atoms with Crippen molar-refractivity contribution in [3.05, 3.63) is 42.5 Å². The summed E-state index contributed by atoms with van der Waals surface area (Å²) in [5, 5.41) is 0. The van der Waals surface area contributed by atoms with Gasteiger partial charge in [-0.3, -0.25) is 4.98 Å². The van der Waals surface area contributed by atoms with Crippen LogP contribution in [0, 0.1) is 6.92 Å². The van der Waals surface area contributed by atoms with Gasteiger partial charge in [0.15, 0.2) is 0 Å². The Kier molecular flexibility index (Phi) is 2.71. The van der Waals surface area contributed by atoms with Gasteiger partial charge in [0.1, 0.15) is 11.6 Å². The molecule has 4 heteroatoms. The van der Waals surface area contributed by atoms with E-state index in [1.165, 1.54) is 0 Å². The van der Waals surface area contributed by atoms with Gasteiger partial charge < -0.3 is 9.30 Å². The van der Waals surface area contributed by atoms with Crippen molar-refractivity contribution >= 4 is 11.0 Å². The van der Waals surface area contributed by atoms with Crippen LogP contribution >= 0.6 is 0 Å². The molecule has 0 atom stereocenters. The van der Waals surface area contributed by atoms with Crippen LogP contribution in [0.2, 0.25) is 0 Å². The largest absolute Gasteiger partial charge is 0.495 e. The molecule has 19 heavy (non-hydrogen) atoms. The molecule has 0 aliphatic carbocycles. The Morgan fingerprint density at radius 3 is 2.74 bits per heavy atom. The van der Waals surface area contributed by atoms with Crippen LogP contribution in [0.5, 0.6) is 5.75 Å². The van der Waals surface area contributed by atoms with Crippen LogP contribution in [0.15, 0.2) is 36.7 Å². The highest BCUT2D eigenvalue weighted by Crippen LogP contribution is 2.26. The van der Waals surface area contributed by atoms with Crippen molar-refractivity contribution < 1.29 is 4.74 Å². The number of aromatic nitrogens is 3. The molecule has 0 amide bonds. The zero-order chi connectivity index (χ0) is 13.4. The van der Waals surface area contributed by atoms with Crippen molar-refractivity contribution in [1.82, 2.24) is 14.5 Å². The normalized spacial score (nSPS) is 10.9. The smallest absolute Gasteiger partial charge is 0.137 e. The summed E-state index contributed by atoms with van der Waals surface area (Å²) in [6.45, 7) is 2.01. The van der Waals surface area contributed by atoms with Crippen LogP contribution in [-0.2, 0) is 7.05 Å². The Bertz CT molecular complexity index is 746. The number of benzene rings is 1. The van der Waals surface area contributed by atoms with Crippen molar-refractivity contribution in [1.29, 1.82) is 0 Å². The van der Waals surface area contributed by atoms with E-state index in [0.717, 1.165) is 33.7 Å². The van der Waals surface area contributed by atoms with E-state index in [2.05, 4.69) is 32.7 Å². The molecular formula is C15H15N3O. The summed E-state index contributed by atoms with van der Waals surface area (Å²) < 4.78 is 7.29. The molecule has 0 radical (unpaired) electrons. The number of imidazole rings is 1. The minimum atomic E-state index is 0.759. The maximum absolute atomic E-state index is 5.20. The molecule has 96 valence electrons. The highest BCUT2D eigenvalue weighted by atomic mass is 16.5. The Hall–Kier alpha value is -2.36. The van der Waals surface area contributed by atoms with Crippen LogP contribution in [0.25, 0.3) is 22.2 Å². The lowest BCUT2D eigenvalue weighted by molar-refractivity contribution is 0.413. The van der Waals surface area contributed by atoms with Gasteiger partial charge in [-0.15, -0.1) is 0 Å². The third-order valence-corrected chi connectivity index (χ3v) is 3.39. The van der Waals surface area contributed by atoms with E-state index in [1.807, 2.05) is 26.2 Å². The van der Waals surface area contributed by atoms with Crippen molar-refractivity contribution in [2.75, 3.05) is 7.11 Å². The summed E-state index contributed by atoms with van der Waals surface area (Å²) in [5.74, 6) is 1.77. The molecule has 0 N–H and O–H groups in total. The summed E-state index contributed by atoms with van der Waals surface area (Å²) in [4.78, 5) is 8.74. The Morgan fingerprint density at radius 1 is 1.11 bits per heavy atom. The van der Waals surface area contributed by atoms with E-state index in [4.69, 9.17) is 4.74 Å². The van der Waals surface area contributed by atoms with E-state index in [9.17, 15) is 0 Å². The van der Waals surface area contributed by atoms with E-state index in [-0.39, 0.29) is 0 Å². The first-order chi connectivity index (χ1) is 9.19. The number of hydrogen-bond acceptors (Lipinski definition) is 3. The highest BCUT2D eigenvalue weighted by Gasteiger charge is 2.06. The molecule has 0 spiro atoms. The van der Waals surface area contributed by atoms with Crippen LogP contribution < -0.4 is 4.74 Å². The van der Waals surface area contributed by atoms with Gasteiger partial charge in [-0.05, 0) is 30.7 Å². The summed E-state index contributed by atoms with van der Waals surface area (Å²) in [6.07, 6.45) is 3.53. The van der Waals surface area contributed by atoms with Crippen LogP contribution in [0.1, 0.15) is 5.82 Å². The first-order valence-corrected chi connectivity index (χ1v) is 6.11. The van der Waals surface area contributed by atoms with E-state index >= 15 is 0 Å². The van der Waals surface area contributed by atoms with Crippen LogP contribution in [0.4, 0.5) is 0 Å². The highest BCUT2D eigenvalue weighted by molar-refractivity contribution is 5.82. The van der Waals surface area contributed by atoms with Gasteiger partial charge in [-0.25, -0.2) is 4.98 Å². The lowest BCUT2D eigenvalue weighted by Crippen LogP contribution is -1.90. The monoisotopic (exact) mass is 253 g/mol. The van der Waals surface area contributed by atoms with Crippen molar-refractivity contribution in [3.8, 4) is 16.9 Å². The molecule has 2 aromatic heterocycles. The van der Waals surface area contributed by atoms with Gasteiger partial charge in [-0.2, -0.15) is 0 Å². The summed E-state index contributed by atoms with van der Waals surface area (Å²) >= 11 is 0. The molecule has 1 aromatic carbocycles. The molecule has 0 bridgehead atoms. The van der Waals surface area contributed by atoms with E-state index < -0.39 is 0 Å². The van der Waals surface area contributed by atoms with Gasteiger partial charge in [-0.1, -0.05) is 6.07 Å². The number of methoxy groups -OCH3 is 1. The quantitative estimate of drug-likeness (QED) is 0.705. The first-order valence-electron chi connectivity index (χ1n) is 6.11. The number of pyridine rings is 1. The fourth-order valence-corrected chi connectivity index (χ4v) is 2.19. The zero-order valence-electron chi connectivity index (χ0n) is 11.2. The zero-order valence-corrected chi connectivity index (χ0v) is 11.2. The number of nitrogens with zero attached hydrogens (tertiary/aromatic N) is 3. The fraction of sp³-hybridized carbons (Fsp3) is 0.200. The van der Waals surface area contributed by atoms with Crippen molar-refractivity contribution in [2.45, 2.75) is 6.92 Å². The molecule has 0 aliphatic heterocycles. The fourth-order valence-electron chi connectivity index (χ4n) is 2.19. The third kappa shape index (κ3) is 1.95. The summed E-state index contributed by atoms with van der Waals surface area (Å²) in [7, 11) is 3.67. The molecule has 3 rings (SSSR count). The lowest BCUT2D eigenvalue weighted by atomic mass is 10.1. The SMILES string of the molecule is COc1cncc(-c2ccc3c(c2)nc(C)n3C)c1. The van der Waals surface area contributed by atoms with Gasteiger partial charge >= 0.3 is 0 Å². The minimum absolute atomic E-state index is 0.759. The molecule has 0 unspecified atom stereocenters. The van der Waals surface area contributed by atoms with E-state index in [0.29, 0.717) is 0 Å². The number of ether oxygens (including phenoxy) is 1. The summed E-state index contributed by atoms with van der Waals surface area (Å²) in [5.41, 5.74) is 4.26. The average Bonchev–Trinajstić information content (AvgIpc) is 2.73. The summed E-state index contributed by atoms with van der Waals surface area (Å²) in [6, 6.07) is 8.23. The maximum atomic E-state index is 5.20. The predicted molar refractivity (Wildman–Crippen MR) is 75.2 cm³/mol. The Morgan fingerprint density at radius 2 is 1.95 bits per heavy atom. The maximum Gasteiger partial charge on any atom is 0.137 e. The molecule has 2 heterocycles. The standard InChI is InChI=1S/C15H15N3O/c1-10-17-14-7-11(4-5-15(14)18(10)2)12-6-13(19-3)9-16-8-12/h4-9H,1-3H3. The van der Waals surface area contributed by atoms with Gasteiger partial charge in [0, 0.05) is 18.8 Å². The van der Waals surface area contributed by atoms with Gasteiger partial charge in [0.2, 0.25) is 0 Å². The second kappa shape index (κ2) is 4.39. The number of aryl methyl sites for hydroxylation is 2. The molecule has 0 saturated carbocycles. The number of rotatable bonds is 2. The predicted octanol–water partition coefficient (Wildman–Crippen LogP) is 2.95. The van der Waals surface area contributed by atoms with Crippen molar-refractivity contribution in [3.63, 3.8) is 0 Å². The van der Waals surface area contributed by atoms with Gasteiger partial charge in [0.25, 0.3) is 0 Å². The molecule has 4 nitrogen and oxygen atoms in total. The first kappa shape index (κ1) is 11.7. The molecule has 3 aromatic rings. The average molecular weight is 253 g/mol. The topological polar surface area (TPSA) is 39.9 Å². The van der Waals surface area contributed by atoms with E-state index in [1.54, 1.807) is 13.3 Å². The van der Waals surface area contributed by atoms with Crippen molar-refractivity contribution in [2.24, 2.45) is 7.05 Å². The lowest BCUT2D eigenvalue weighted by Gasteiger charge is -2.04. The Balaban J connectivity index is 2.14. The third-order valence-electron chi connectivity index (χ3n) is 3.39. The molecule has 0 aliphatic rings. The number of fused-ring (bicyclic) bond motifs is 1. The molecule has 0 fully saturated rings. The minimum Gasteiger partial charge on any atom is -0.495 e. The van der Waals surface area contributed by atoms with Gasteiger partial charge in [0.05, 0.1) is 24.3 Å². The second-order valence-corrected chi connectivity index (χ2v) is 4.53. The molecular weight excluding hydrogens is 238 g/mol. The number of hydrogen-bond donors (Lipinski definition) is 0. The van der Waals surface area contributed by atoms with Crippen LogP contribution in [0.3, 0.4) is 0 Å². The van der Waals surface area contributed by atoms with Crippen LogP contribution in [-0.4, -0.2) is 21.6 Å². The second-order valence-electron chi connectivity index (χ2n) is 4.53. The molecule has 0 saturated heterocycles.